The maximum absolute atomic E-state index is 12.0. The minimum absolute atomic E-state index is 0.00976. The summed E-state index contributed by atoms with van der Waals surface area (Å²) in [5.74, 6) is 0. The predicted octanol–water partition coefficient (Wildman–Crippen LogP) is 9.87. The maximum atomic E-state index is 12.0. The van der Waals surface area contributed by atoms with Gasteiger partial charge in [0.15, 0.2) is 5.43 Å². The van der Waals surface area contributed by atoms with Crippen LogP contribution in [0.15, 0.2) is 132 Å². The Kier molecular flexibility index (Phi) is 9.26. The number of unbranched alkanes of at least 4 members (excludes halogenated alkanes) is 4. The lowest BCUT2D eigenvalue weighted by Gasteiger charge is -2.11. The van der Waals surface area contributed by atoms with Crippen LogP contribution in [-0.4, -0.2) is 19.9 Å². The van der Waals surface area contributed by atoms with Crippen LogP contribution in [0.5, 0.6) is 0 Å². The number of para-hydroxylation sites is 1. The van der Waals surface area contributed by atoms with Crippen molar-refractivity contribution >= 4 is 32.7 Å². The predicted molar refractivity (Wildman–Crippen MR) is 186 cm³/mol. The molecule has 0 radical (unpaired) electrons. The van der Waals surface area contributed by atoms with E-state index in [2.05, 4.69) is 89.7 Å². The number of hydrogen-bond donors (Lipinski definition) is 1. The Morgan fingerprint density at radius 2 is 1.13 bits per heavy atom. The quantitative estimate of drug-likeness (QED) is 0.108. The lowest BCUT2D eigenvalue weighted by atomic mass is 9.97. The summed E-state index contributed by atoms with van der Waals surface area (Å²) in [6, 6.07) is 38.1. The molecule has 0 bridgehead atoms. The third kappa shape index (κ3) is 6.48. The van der Waals surface area contributed by atoms with Crippen LogP contribution < -0.4 is 5.43 Å². The highest BCUT2D eigenvalue weighted by Crippen LogP contribution is 2.34. The fourth-order valence-corrected chi connectivity index (χ4v) is 5.97. The second-order valence-corrected chi connectivity index (χ2v) is 11.3. The highest BCUT2D eigenvalue weighted by Gasteiger charge is 2.12. The molecule has 0 fully saturated rings. The largest absolute Gasteiger partial charge is 0.428 e. The monoisotopic (exact) mass is 591 g/mol. The molecule has 4 aromatic carbocycles. The van der Waals surface area contributed by atoms with Crippen molar-refractivity contribution in [3.8, 4) is 22.3 Å². The van der Waals surface area contributed by atoms with E-state index in [1.165, 1.54) is 41.5 Å². The minimum Gasteiger partial charge on any atom is -0.428 e. The lowest BCUT2D eigenvalue weighted by Crippen LogP contribution is -2.12. The smallest absolute Gasteiger partial charge is 0.189 e. The van der Waals surface area contributed by atoms with Gasteiger partial charge >= 0.3 is 0 Å². The molecule has 0 aliphatic carbocycles. The van der Waals surface area contributed by atoms with E-state index in [1.54, 1.807) is 18.2 Å². The van der Waals surface area contributed by atoms with Crippen LogP contribution in [0.4, 0.5) is 0 Å². The van der Waals surface area contributed by atoms with E-state index in [0.29, 0.717) is 16.6 Å². The zero-order valence-electron chi connectivity index (χ0n) is 25.6. The van der Waals surface area contributed by atoms with Crippen LogP contribution >= 0.6 is 0 Å². The number of aromatic nitrogens is 3. The normalized spacial score (nSPS) is 11.0. The van der Waals surface area contributed by atoms with Crippen LogP contribution in [0.2, 0.25) is 0 Å². The number of aryl methyl sites for hydroxylation is 1. The van der Waals surface area contributed by atoms with Gasteiger partial charge in [-0.1, -0.05) is 118 Å². The Hall–Kier alpha value is -5.29. The van der Waals surface area contributed by atoms with Gasteiger partial charge in [0.2, 0.25) is 0 Å². The van der Waals surface area contributed by atoms with Gasteiger partial charge in [-0.3, -0.25) is 14.8 Å². The molecule has 5 nitrogen and oxygen atoms in total. The highest BCUT2D eigenvalue weighted by atomic mass is 16.5. The molecule has 7 aromatic rings. The number of pyridine rings is 3. The molecule has 45 heavy (non-hydrogen) atoms. The fourth-order valence-electron chi connectivity index (χ4n) is 5.97. The number of hydrogen-bond acceptors (Lipinski definition) is 4. The molecule has 3 heterocycles. The maximum Gasteiger partial charge on any atom is 0.189 e. The topological polar surface area (TPSA) is 68.0 Å². The molecule has 0 spiro atoms. The summed E-state index contributed by atoms with van der Waals surface area (Å²) in [5, 5.41) is 13.0. The van der Waals surface area contributed by atoms with E-state index in [-0.39, 0.29) is 5.43 Å². The van der Waals surface area contributed by atoms with Gasteiger partial charge in [0.05, 0.1) is 22.2 Å². The van der Waals surface area contributed by atoms with E-state index in [1.807, 2.05) is 36.7 Å². The summed E-state index contributed by atoms with van der Waals surface area (Å²) < 4.78 is 1.16. The van der Waals surface area contributed by atoms with E-state index < -0.39 is 0 Å². The standard InChI is InChI=1S/C24H16N2.C16H21NO2/c1-3-7-17(8-4-1)19-13-15-25-23-21(19)11-12-22-20(14-16-26-24(22)23)18-9-5-2-6-10-18;1-2-3-4-5-6-9-13-12-16(18)14-10-7-8-11-15(14)17(13)19/h1-16H;7-8,10-12,19H,2-6,9H2,1H3. The Balaban J connectivity index is 0.000000168. The van der Waals surface area contributed by atoms with Crippen LogP contribution in [0.1, 0.15) is 44.7 Å². The summed E-state index contributed by atoms with van der Waals surface area (Å²) in [5.41, 5.74) is 7.94. The third-order valence-corrected chi connectivity index (χ3v) is 8.29. The van der Waals surface area contributed by atoms with Crippen molar-refractivity contribution < 1.29 is 5.21 Å². The van der Waals surface area contributed by atoms with E-state index >= 15 is 0 Å². The summed E-state index contributed by atoms with van der Waals surface area (Å²) in [6.07, 6.45) is 10.4. The van der Waals surface area contributed by atoms with Crippen molar-refractivity contribution in [2.75, 3.05) is 0 Å². The van der Waals surface area contributed by atoms with Crippen molar-refractivity contribution in [3.05, 3.63) is 144 Å². The van der Waals surface area contributed by atoms with Gasteiger partial charge in [-0.25, -0.2) is 0 Å². The minimum atomic E-state index is -0.00976. The van der Waals surface area contributed by atoms with Gasteiger partial charge in [-0.05, 0) is 59.4 Å². The van der Waals surface area contributed by atoms with Gasteiger partial charge in [0.1, 0.15) is 0 Å². The van der Waals surface area contributed by atoms with Crippen molar-refractivity contribution in [2.24, 2.45) is 0 Å². The molecule has 3 aromatic heterocycles. The first-order chi connectivity index (χ1) is 22.2. The van der Waals surface area contributed by atoms with Crippen molar-refractivity contribution in [2.45, 2.75) is 45.4 Å². The zero-order chi connectivity index (χ0) is 31.0. The van der Waals surface area contributed by atoms with Crippen molar-refractivity contribution in [3.63, 3.8) is 0 Å². The second-order valence-electron chi connectivity index (χ2n) is 11.3. The van der Waals surface area contributed by atoms with E-state index in [9.17, 15) is 10.0 Å². The summed E-state index contributed by atoms with van der Waals surface area (Å²) >= 11 is 0. The zero-order valence-corrected chi connectivity index (χ0v) is 25.6. The number of benzene rings is 4. The number of nitrogens with zero attached hydrogens (tertiary/aromatic N) is 3. The molecule has 0 atom stereocenters. The summed E-state index contributed by atoms with van der Waals surface area (Å²) in [4.78, 5) is 21.3. The molecule has 0 aliphatic heterocycles. The lowest BCUT2D eigenvalue weighted by molar-refractivity contribution is 0.187. The average Bonchev–Trinajstić information content (AvgIpc) is 3.10. The van der Waals surface area contributed by atoms with Crippen LogP contribution in [0.25, 0.3) is 55.0 Å². The molecule has 1 N–H and O–H groups in total. The van der Waals surface area contributed by atoms with Crippen molar-refractivity contribution in [1.29, 1.82) is 0 Å². The Labute approximate surface area is 263 Å². The molecule has 0 aliphatic rings. The summed E-state index contributed by atoms with van der Waals surface area (Å²) in [7, 11) is 0. The molecular formula is C40H37N3O2. The molecule has 5 heteroatoms. The highest BCUT2D eigenvalue weighted by molar-refractivity contribution is 6.11. The van der Waals surface area contributed by atoms with E-state index in [0.717, 1.165) is 45.8 Å². The molecule has 0 saturated carbocycles. The fraction of sp³-hybridized carbons (Fsp3) is 0.175. The SMILES string of the molecule is CCCCCCCc1cc(=O)c2ccccc2n1O.c1ccc(-c2ccnc3c2ccc2c(-c4ccccc4)ccnc23)cc1. The third-order valence-electron chi connectivity index (χ3n) is 8.29. The Morgan fingerprint density at radius 3 is 1.71 bits per heavy atom. The molecular weight excluding hydrogens is 554 g/mol. The van der Waals surface area contributed by atoms with Gasteiger partial charge in [-0.15, -0.1) is 0 Å². The van der Waals surface area contributed by atoms with E-state index in [4.69, 9.17) is 0 Å². The number of fused-ring (bicyclic) bond motifs is 4. The average molecular weight is 592 g/mol. The molecule has 224 valence electrons. The van der Waals surface area contributed by atoms with Crippen LogP contribution in [0.3, 0.4) is 0 Å². The van der Waals surface area contributed by atoms with Gasteiger partial charge < -0.3 is 5.21 Å². The first-order valence-corrected chi connectivity index (χ1v) is 15.8. The molecule has 0 unspecified atom stereocenters. The first kappa shape index (κ1) is 29.8. The van der Waals surface area contributed by atoms with Crippen LogP contribution in [-0.2, 0) is 6.42 Å². The van der Waals surface area contributed by atoms with Gasteiger partial charge in [-0.2, -0.15) is 4.73 Å². The second kappa shape index (κ2) is 14.0. The Bertz CT molecular complexity index is 2010. The van der Waals surface area contributed by atoms with Gasteiger partial charge in [0, 0.05) is 34.6 Å². The van der Waals surface area contributed by atoms with Crippen molar-refractivity contribution in [1.82, 2.24) is 14.7 Å². The van der Waals surface area contributed by atoms with Crippen LogP contribution in [0, 0.1) is 0 Å². The molecule has 0 saturated heterocycles. The summed E-state index contributed by atoms with van der Waals surface area (Å²) in [6.45, 7) is 2.19. The first-order valence-electron chi connectivity index (χ1n) is 15.8. The molecule has 7 rings (SSSR count). The number of rotatable bonds is 8. The molecule has 0 amide bonds. The van der Waals surface area contributed by atoms with Gasteiger partial charge in [0.25, 0.3) is 0 Å². The Morgan fingerprint density at radius 1 is 0.600 bits per heavy atom.